The van der Waals surface area contributed by atoms with E-state index in [1.807, 2.05) is 20.8 Å². The average molecular weight is 181 g/mol. The average Bonchev–Trinajstić information content (AvgIpc) is 2.47. The van der Waals surface area contributed by atoms with E-state index in [-0.39, 0.29) is 11.8 Å². The minimum Gasteiger partial charge on any atom is -0.350 e. The van der Waals surface area contributed by atoms with Crippen molar-refractivity contribution in [3.8, 4) is 0 Å². The highest BCUT2D eigenvalue weighted by atomic mass is 16.1. The molecule has 2 N–H and O–H groups in total. The number of nitrogens with one attached hydrogen (secondary N) is 2. The summed E-state index contributed by atoms with van der Waals surface area (Å²) in [6.45, 7) is 6.18. The number of nitrogens with zero attached hydrogens (tertiary/aromatic N) is 1. The van der Waals surface area contributed by atoms with Crippen LogP contribution in [-0.4, -0.2) is 15.9 Å². The molecule has 0 aliphatic rings. The number of aromatic amines is 1. The van der Waals surface area contributed by atoms with Gasteiger partial charge in [-0.2, -0.15) is 0 Å². The smallest absolute Gasteiger partial charge is 0.222 e. The summed E-state index contributed by atoms with van der Waals surface area (Å²) in [6, 6.07) is 0. The number of carbonyl (C=O) groups is 1. The summed E-state index contributed by atoms with van der Waals surface area (Å²) < 4.78 is 0. The van der Waals surface area contributed by atoms with Crippen LogP contribution in [-0.2, 0) is 11.3 Å². The van der Waals surface area contributed by atoms with Gasteiger partial charge in [0.05, 0.1) is 18.6 Å². The second-order valence-corrected chi connectivity index (χ2v) is 3.35. The summed E-state index contributed by atoms with van der Waals surface area (Å²) in [4.78, 5) is 18.2. The molecule has 0 saturated heterocycles. The van der Waals surface area contributed by atoms with Crippen LogP contribution in [0.2, 0.25) is 0 Å². The van der Waals surface area contributed by atoms with Gasteiger partial charge < -0.3 is 10.3 Å². The number of amides is 1. The van der Waals surface area contributed by atoms with E-state index in [0.717, 1.165) is 11.4 Å². The Bertz CT molecular complexity index is 291. The van der Waals surface area contributed by atoms with Gasteiger partial charge in [-0.05, 0) is 6.92 Å². The summed E-state index contributed by atoms with van der Waals surface area (Å²) in [6.07, 6.45) is 1.63. The Morgan fingerprint density at radius 3 is 2.85 bits per heavy atom. The molecule has 0 radical (unpaired) electrons. The number of aryl methyl sites for hydroxylation is 1. The van der Waals surface area contributed by atoms with Crippen LogP contribution in [0.3, 0.4) is 0 Å². The zero-order valence-corrected chi connectivity index (χ0v) is 8.22. The zero-order chi connectivity index (χ0) is 9.84. The van der Waals surface area contributed by atoms with E-state index in [2.05, 4.69) is 15.3 Å². The van der Waals surface area contributed by atoms with Crippen molar-refractivity contribution >= 4 is 5.91 Å². The van der Waals surface area contributed by atoms with E-state index in [1.54, 1.807) is 6.33 Å². The highest BCUT2D eigenvalue weighted by molar-refractivity contribution is 5.77. The van der Waals surface area contributed by atoms with Gasteiger partial charge >= 0.3 is 0 Å². The van der Waals surface area contributed by atoms with Gasteiger partial charge in [0.25, 0.3) is 0 Å². The Kier molecular flexibility index (Phi) is 3.06. The first-order chi connectivity index (χ1) is 6.11. The molecule has 0 spiro atoms. The summed E-state index contributed by atoms with van der Waals surface area (Å²) in [5.74, 6) is 0.0849. The normalized spacial score (nSPS) is 10.5. The third kappa shape index (κ3) is 2.57. The van der Waals surface area contributed by atoms with Crippen LogP contribution in [0.25, 0.3) is 0 Å². The van der Waals surface area contributed by atoms with Gasteiger partial charge in [0.2, 0.25) is 5.91 Å². The van der Waals surface area contributed by atoms with Crippen LogP contribution in [0.4, 0.5) is 0 Å². The highest BCUT2D eigenvalue weighted by Crippen LogP contribution is 2.00. The Balaban J connectivity index is 2.44. The topological polar surface area (TPSA) is 57.8 Å². The Morgan fingerprint density at radius 2 is 2.38 bits per heavy atom. The summed E-state index contributed by atoms with van der Waals surface area (Å²) in [5.41, 5.74) is 1.90. The van der Waals surface area contributed by atoms with E-state index in [4.69, 9.17) is 0 Å². The molecule has 0 bridgehead atoms. The lowest BCUT2D eigenvalue weighted by Gasteiger charge is -2.05. The molecule has 0 atom stereocenters. The van der Waals surface area contributed by atoms with Crippen molar-refractivity contribution in [1.82, 2.24) is 15.3 Å². The van der Waals surface area contributed by atoms with E-state index in [0.29, 0.717) is 6.54 Å². The molecular formula is C9H15N3O. The lowest BCUT2D eigenvalue weighted by atomic mass is 10.2. The number of hydrogen-bond donors (Lipinski definition) is 2. The van der Waals surface area contributed by atoms with Crippen molar-refractivity contribution in [2.45, 2.75) is 27.3 Å². The molecule has 1 rings (SSSR count). The SMILES string of the molecule is Cc1[nH]cnc1CNC(=O)C(C)C. The molecule has 4 nitrogen and oxygen atoms in total. The fraction of sp³-hybridized carbons (Fsp3) is 0.556. The first-order valence-electron chi connectivity index (χ1n) is 4.38. The van der Waals surface area contributed by atoms with E-state index < -0.39 is 0 Å². The third-order valence-electron chi connectivity index (χ3n) is 1.89. The number of H-pyrrole nitrogens is 1. The fourth-order valence-electron chi connectivity index (χ4n) is 0.940. The minimum absolute atomic E-state index is 0.0271. The van der Waals surface area contributed by atoms with Crippen LogP contribution in [0, 0.1) is 12.8 Å². The van der Waals surface area contributed by atoms with Crippen molar-refractivity contribution in [2.24, 2.45) is 5.92 Å². The molecule has 0 aliphatic heterocycles. The van der Waals surface area contributed by atoms with Crippen LogP contribution in [0.5, 0.6) is 0 Å². The van der Waals surface area contributed by atoms with Crippen LogP contribution >= 0.6 is 0 Å². The maximum Gasteiger partial charge on any atom is 0.222 e. The Morgan fingerprint density at radius 1 is 1.69 bits per heavy atom. The minimum atomic E-state index is 0.0271. The second kappa shape index (κ2) is 4.07. The summed E-state index contributed by atoms with van der Waals surface area (Å²) in [5, 5.41) is 2.80. The van der Waals surface area contributed by atoms with Crippen LogP contribution < -0.4 is 5.32 Å². The lowest BCUT2D eigenvalue weighted by Crippen LogP contribution is -2.27. The van der Waals surface area contributed by atoms with Crippen molar-refractivity contribution in [2.75, 3.05) is 0 Å². The van der Waals surface area contributed by atoms with Crippen molar-refractivity contribution < 1.29 is 4.79 Å². The van der Waals surface area contributed by atoms with Crippen molar-refractivity contribution in [3.05, 3.63) is 17.7 Å². The zero-order valence-electron chi connectivity index (χ0n) is 8.22. The molecular weight excluding hydrogens is 166 g/mol. The van der Waals surface area contributed by atoms with Gasteiger partial charge in [-0.3, -0.25) is 4.79 Å². The maximum absolute atomic E-state index is 11.2. The van der Waals surface area contributed by atoms with Gasteiger partial charge in [0.1, 0.15) is 0 Å². The second-order valence-electron chi connectivity index (χ2n) is 3.35. The third-order valence-corrected chi connectivity index (χ3v) is 1.89. The number of carbonyl (C=O) groups excluding carboxylic acids is 1. The van der Waals surface area contributed by atoms with E-state index >= 15 is 0 Å². The standard InChI is InChI=1S/C9H15N3O/c1-6(2)9(13)10-4-8-7(3)11-5-12-8/h5-6H,4H2,1-3H3,(H,10,13)(H,11,12). The Hall–Kier alpha value is -1.32. The van der Waals surface area contributed by atoms with E-state index in [1.165, 1.54) is 0 Å². The van der Waals surface area contributed by atoms with Gasteiger partial charge in [-0.1, -0.05) is 13.8 Å². The molecule has 0 unspecified atom stereocenters. The predicted octanol–water partition coefficient (Wildman–Crippen LogP) is 0.990. The molecule has 1 amide bonds. The number of hydrogen-bond acceptors (Lipinski definition) is 2. The summed E-state index contributed by atoms with van der Waals surface area (Å²) in [7, 11) is 0. The number of imidazole rings is 1. The molecule has 4 heteroatoms. The quantitative estimate of drug-likeness (QED) is 0.730. The first kappa shape index (κ1) is 9.77. The highest BCUT2D eigenvalue weighted by Gasteiger charge is 2.07. The van der Waals surface area contributed by atoms with Crippen LogP contribution in [0.1, 0.15) is 25.2 Å². The molecule has 1 aromatic rings. The monoisotopic (exact) mass is 181 g/mol. The number of rotatable bonds is 3. The van der Waals surface area contributed by atoms with Gasteiger partial charge in [0, 0.05) is 11.6 Å². The summed E-state index contributed by atoms with van der Waals surface area (Å²) >= 11 is 0. The van der Waals surface area contributed by atoms with Crippen LogP contribution in [0.15, 0.2) is 6.33 Å². The molecule has 1 aromatic heterocycles. The molecule has 1 heterocycles. The predicted molar refractivity (Wildman–Crippen MR) is 50.0 cm³/mol. The number of aromatic nitrogens is 2. The molecule has 13 heavy (non-hydrogen) atoms. The first-order valence-corrected chi connectivity index (χ1v) is 4.38. The molecule has 0 aliphatic carbocycles. The van der Waals surface area contributed by atoms with Crippen molar-refractivity contribution in [3.63, 3.8) is 0 Å². The molecule has 0 saturated carbocycles. The van der Waals surface area contributed by atoms with Crippen molar-refractivity contribution in [1.29, 1.82) is 0 Å². The molecule has 72 valence electrons. The lowest BCUT2D eigenvalue weighted by molar-refractivity contribution is -0.124. The van der Waals surface area contributed by atoms with E-state index in [9.17, 15) is 4.79 Å². The largest absolute Gasteiger partial charge is 0.350 e. The van der Waals surface area contributed by atoms with Gasteiger partial charge in [0.15, 0.2) is 0 Å². The Labute approximate surface area is 77.8 Å². The van der Waals surface area contributed by atoms with Gasteiger partial charge in [-0.15, -0.1) is 0 Å². The van der Waals surface area contributed by atoms with Gasteiger partial charge in [-0.25, -0.2) is 4.98 Å². The fourth-order valence-corrected chi connectivity index (χ4v) is 0.940. The maximum atomic E-state index is 11.2. The molecule has 0 aromatic carbocycles. The molecule has 0 fully saturated rings.